The second-order valence-corrected chi connectivity index (χ2v) is 4.81. The first-order chi connectivity index (χ1) is 7.77. The smallest absolute Gasteiger partial charge is 0.313 e. The van der Waals surface area contributed by atoms with Crippen LogP contribution in [0.3, 0.4) is 0 Å². The summed E-state index contributed by atoms with van der Waals surface area (Å²) in [7, 11) is 0. The third-order valence-electron chi connectivity index (χ3n) is 3.74. The fourth-order valence-electron chi connectivity index (χ4n) is 2.47. The van der Waals surface area contributed by atoms with Crippen LogP contribution in [0.5, 0.6) is 0 Å². The Morgan fingerprint density at radius 3 is 3.06 bits per heavy atom. The van der Waals surface area contributed by atoms with E-state index in [1.54, 1.807) is 0 Å². The average Bonchev–Trinajstić information content (AvgIpc) is 2.82. The van der Waals surface area contributed by atoms with Gasteiger partial charge in [0.2, 0.25) is 0 Å². The molecule has 0 amide bonds. The van der Waals surface area contributed by atoms with Crippen molar-refractivity contribution in [2.45, 2.75) is 38.7 Å². The van der Waals surface area contributed by atoms with Crippen LogP contribution in [-0.4, -0.2) is 38.4 Å². The molecule has 0 aromatic rings. The minimum atomic E-state index is -0.291. The topological polar surface area (TPSA) is 47.6 Å². The van der Waals surface area contributed by atoms with Crippen LogP contribution in [-0.2, 0) is 14.3 Å². The van der Waals surface area contributed by atoms with Gasteiger partial charge < -0.3 is 14.8 Å². The van der Waals surface area contributed by atoms with Crippen LogP contribution in [0.15, 0.2) is 0 Å². The number of rotatable bonds is 3. The number of carbonyl (C=O) groups excluding carboxylic acids is 1. The van der Waals surface area contributed by atoms with Gasteiger partial charge in [0.15, 0.2) is 0 Å². The van der Waals surface area contributed by atoms with E-state index in [4.69, 9.17) is 9.47 Å². The molecule has 16 heavy (non-hydrogen) atoms. The fraction of sp³-hybridized carbons (Fsp3) is 0.917. The van der Waals surface area contributed by atoms with Gasteiger partial charge in [-0.3, -0.25) is 4.79 Å². The van der Waals surface area contributed by atoms with Gasteiger partial charge in [0.05, 0.1) is 18.6 Å². The number of esters is 1. The van der Waals surface area contributed by atoms with E-state index in [0.29, 0.717) is 6.61 Å². The first-order valence-corrected chi connectivity index (χ1v) is 6.26. The minimum absolute atomic E-state index is 0.0159. The first-order valence-electron chi connectivity index (χ1n) is 6.26. The summed E-state index contributed by atoms with van der Waals surface area (Å²) in [6.45, 7) is 5.13. The molecule has 2 aliphatic rings. The molecule has 2 rings (SSSR count). The van der Waals surface area contributed by atoms with Crippen molar-refractivity contribution in [2.75, 3.05) is 26.3 Å². The monoisotopic (exact) mass is 227 g/mol. The van der Waals surface area contributed by atoms with Crippen molar-refractivity contribution in [1.82, 2.24) is 5.32 Å². The highest BCUT2D eigenvalue weighted by Crippen LogP contribution is 2.32. The van der Waals surface area contributed by atoms with Crippen molar-refractivity contribution in [3.63, 3.8) is 0 Å². The van der Waals surface area contributed by atoms with Gasteiger partial charge in [-0.15, -0.1) is 0 Å². The number of carbonyl (C=O) groups is 1. The summed E-state index contributed by atoms with van der Waals surface area (Å²) < 4.78 is 10.8. The van der Waals surface area contributed by atoms with E-state index in [1.807, 2.05) is 0 Å². The van der Waals surface area contributed by atoms with Crippen molar-refractivity contribution in [2.24, 2.45) is 5.41 Å². The van der Waals surface area contributed by atoms with E-state index in [1.165, 1.54) is 0 Å². The third kappa shape index (κ3) is 2.38. The highest BCUT2D eigenvalue weighted by molar-refractivity contribution is 5.77. The predicted molar refractivity (Wildman–Crippen MR) is 60.1 cm³/mol. The quantitative estimate of drug-likeness (QED) is 0.733. The van der Waals surface area contributed by atoms with Gasteiger partial charge in [0.1, 0.15) is 6.10 Å². The average molecular weight is 227 g/mol. The minimum Gasteiger partial charge on any atom is -0.459 e. The SMILES string of the molecule is CCC1(C(=O)OC2CCOC2)CCCNC1. The molecule has 0 aromatic heterocycles. The van der Waals surface area contributed by atoms with Crippen LogP contribution in [0.4, 0.5) is 0 Å². The number of ether oxygens (including phenoxy) is 2. The summed E-state index contributed by atoms with van der Waals surface area (Å²) in [5.74, 6) is -0.0299. The molecule has 2 fully saturated rings. The van der Waals surface area contributed by atoms with Crippen LogP contribution in [0.1, 0.15) is 32.6 Å². The Morgan fingerprint density at radius 1 is 1.62 bits per heavy atom. The molecular formula is C12H21NO3. The fourth-order valence-corrected chi connectivity index (χ4v) is 2.47. The van der Waals surface area contributed by atoms with Gasteiger partial charge in [0.25, 0.3) is 0 Å². The Labute approximate surface area is 96.7 Å². The van der Waals surface area contributed by atoms with E-state index in [0.717, 1.165) is 45.4 Å². The molecule has 4 nitrogen and oxygen atoms in total. The van der Waals surface area contributed by atoms with Crippen LogP contribution in [0.25, 0.3) is 0 Å². The largest absolute Gasteiger partial charge is 0.459 e. The van der Waals surface area contributed by atoms with Crippen molar-refractivity contribution < 1.29 is 14.3 Å². The van der Waals surface area contributed by atoms with E-state index < -0.39 is 0 Å². The van der Waals surface area contributed by atoms with Crippen molar-refractivity contribution >= 4 is 5.97 Å². The highest BCUT2D eigenvalue weighted by Gasteiger charge is 2.40. The Bertz CT molecular complexity index is 243. The molecule has 0 radical (unpaired) electrons. The molecule has 2 atom stereocenters. The summed E-state index contributed by atoms with van der Waals surface area (Å²) in [6.07, 6.45) is 3.69. The Morgan fingerprint density at radius 2 is 2.50 bits per heavy atom. The van der Waals surface area contributed by atoms with Gasteiger partial charge in [-0.05, 0) is 25.8 Å². The predicted octanol–water partition coefficient (Wildman–Crippen LogP) is 1.10. The number of hydrogen-bond donors (Lipinski definition) is 1. The zero-order valence-corrected chi connectivity index (χ0v) is 9.96. The van der Waals surface area contributed by atoms with Crippen molar-refractivity contribution in [3.05, 3.63) is 0 Å². The summed E-state index contributed by atoms with van der Waals surface area (Å²) >= 11 is 0. The highest BCUT2D eigenvalue weighted by atomic mass is 16.6. The Balaban J connectivity index is 1.94. The van der Waals surface area contributed by atoms with Crippen LogP contribution in [0.2, 0.25) is 0 Å². The van der Waals surface area contributed by atoms with Crippen LogP contribution in [0, 0.1) is 5.41 Å². The second-order valence-electron chi connectivity index (χ2n) is 4.81. The van der Waals surface area contributed by atoms with Crippen molar-refractivity contribution in [3.8, 4) is 0 Å². The maximum absolute atomic E-state index is 12.2. The number of nitrogens with one attached hydrogen (secondary N) is 1. The van der Waals surface area contributed by atoms with Crippen LogP contribution < -0.4 is 5.32 Å². The molecule has 0 aromatic carbocycles. The molecule has 2 aliphatic heterocycles. The van der Waals surface area contributed by atoms with Gasteiger partial charge in [-0.25, -0.2) is 0 Å². The van der Waals surface area contributed by atoms with Crippen molar-refractivity contribution in [1.29, 1.82) is 0 Å². The van der Waals surface area contributed by atoms with Gasteiger partial charge in [-0.1, -0.05) is 6.92 Å². The summed E-state index contributed by atoms with van der Waals surface area (Å²) in [5, 5.41) is 3.30. The molecule has 0 aliphatic carbocycles. The molecule has 0 bridgehead atoms. The molecule has 2 heterocycles. The summed E-state index contributed by atoms with van der Waals surface area (Å²) in [6, 6.07) is 0. The third-order valence-corrected chi connectivity index (χ3v) is 3.74. The maximum Gasteiger partial charge on any atom is 0.313 e. The Kier molecular flexibility index (Phi) is 3.82. The molecule has 4 heteroatoms. The number of hydrogen-bond acceptors (Lipinski definition) is 4. The Hall–Kier alpha value is -0.610. The molecular weight excluding hydrogens is 206 g/mol. The second kappa shape index (κ2) is 5.15. The van der Waals surface area contributed by atoms with E-state index in [9.17, 15) is 4.79 Å². The lowest BCUT2D eigenvalue weighted by molar-refractivity contribution is -0.163. The van der Waals surface area contributed by atoms with Gasteiger partial charge in [-0.2, -0.15) is 0 Å². The molecule has 0 saturated carbocycles. The maximum atomic E-state index is 12.2. The number of piperidine rings is 1. The molecule has 0 spiro atoms. The van der Waals surface area contributed by atoms with E-state index in [2.05, 4.69) is 12.2 Å². The molecule has 2 saturated heterocycles. The van der Waals surface area contributed by atoms with Gasteiger partial charge >= 0.3 is 5.97 Å². The lowest BCUT2D eigenvalue weighted by Gasteiger charge is -2.35. The molecule has 1 N–H and O–H groups in total. The molecule has 92 valence electrons. The standard InChI is InChI=1S/C12H21NO3/c1-2-12(5-3-6-13-9-12)11(14)16-10-4-7-15-8-10/h10,13H,2-9H2,1H3. The lowest BCUT2D eigenvalue weighted by Crippen LogP contribution is -2.47. The molecule has 2 unspecified atom stereocenters. The summed E-state index contributed by atoms with van der Waals surface area (Å²) in [5.41, 5.74) is -0.291. The van der Waals surface area contributed by atoms with Crippen LogP contribution >= 0.6 is 0 Å². The lowest BCUT2D eigenvalue weighted by atomic mass is 9.78. The van der Waals surface area contributed by atoms with E-state index in [-0.39, 0.29) is 17.5 Å². The normalized spacial score (nSPS) is 34.9. The summed E-state index contributed by atoms with van der Waals surface area (Å²) in [4.78, 5) is 12.2. The zero-order valence-electron chi connectivity index (χ0n) is 9.96. The van der Waals surface area contributed by atoms with E-state index >= 15 is 0 Å². The first kappa shape index (κ1) is 11.9. The zero-order chi connectivity index (χ0) is 11.4. The van der Waals surface area contributed by atoms with Gasteiger partial charge in [0, 0.05) is 13.0 Å².